The van der Waals surface area contributed by atoms with Crippen molar-refractivity contribution in [2.24, 2.45) is 0 Å². The Bertz CT molecular complexity index is 912. The van der Waals surface area contributed by atoms with E-state index in [0.717, 1.165) is 5.56 Å². The molecule has 0 unspecified atom stereocenters. The van der Waals surface area contributed by atoms with Crippen molar-refractivity contribution >= 4 is 23.4 Å². The molecule has 2 aromatic carbocycles. The van der Waals surface area contributed by atoms with Gasteiger partial charge >= 0.3 is 0 Å². The number of hydrogen-bond acceptors (Lipinski definition) is 5. The fraction of sp³-hybridized carbons (Fsp3) is 0.348. The number of carbonyl (C=O) groups excluding carboxylic acids is 3. The zero-order valence-electron chi connectivity index (χ0n) is 18.4. The maximum absolute atomic E-state index is 13.0. The van der Waals surface area contributed by atoms with Gasteiger partial charge in [0.1, 0.15) is 11.5 Å². The fourth-order valence-electron chi connectivity index (χ4n) is 2.92. The van der Waals surface area contributed by atoms with Crippen LogP contribution in [-0.4, -0.2) is 56.5 Å². The summed E-state index contributed by atoms with van der Waals surface area (Å²) in [6.45, 7) is 3.90. The number of carbonyl (C=O) groups is 3. The number of nitrogens with zero attached hydrogens (tertiary/aromatic N) is 1. The van der Waals surface area contributed by atoms with E-state index in [1.54, 1.807) is 30.3 Å². The summed E-state index contributed by atoms with van der Waals surface area (Å²) >= 11 is 0. The topological polar surface area (TPSA) is 97.0 Å². The smallest absolute Gasteiger partial charge is 0.258 e. The van der Waals surface area contributed by atoms with E-state index in [-0.39, 0.29) is 24.9 Å². The van der Waals surface area contributed by atoms with E-state index in [1.807, 2.05) is 26.0 Å². The van der Waals surface area contributed by atoms with Gasteiger partial charge in [0.25, 0.3) is 5.91 Å². The number of benzene rings is 2. The number of methoxy groups -OCH3 is 2. The molecule has 0 aliphatic carbocycles. The van der Waals surface area contributed by atoms with Crippen LogP contribution in [0.25, 0.3) is 0 Å². The number of nitrogens with one attached hydrogen (secondary N) is 2. The largest absolute Gasteiger partial charge is 0.497 e. The average molecular weight is 428 g/mol. The third kappa shape index (κ3) is 7.02. The zero-order valence-corrected chi connectivity index (χ0v) is 18.4. The number of rotatable bonds is 10. The van der Waals surface area contributed by atoms with Gasteiger partial charge in [0.15, 0.2) is 0 Å². The van der Waals surface area contributed by atoms with Gasteiger partial charge < -0.3 is 25.0 Å². The fourth-order valence-corrected chi connectivity index (χ4v) is 2.92. The molecule has 31 heavy (non-hydrogen) atoms. The third-order valence-electron chi connectivity index (χ3n) is 4.54. The molecule has 0 fully saturated rings. The Morgan fingerprint density at radius 3 is 2.29 bits per heavy atom. The first-order valence-electron chi connectivity index (χ1n) is 10.0. The number of anilines is 1. The number of amides is 3. The summed E-state index contributed by atoms with van der Waals surface area (Å²) in [7, 11) is 2.99. The molecule has 0 aromatic heterocycles. The first-order chi connectivity index (χ1) is 14.9. The van der Waals surface area contributed by atoms with Gasteiger partial charge in [0, 0.05) is 18.3 Å². The second-order valence-corrected chi connectivity index (χ2v) is 6.98. The van der Waals surface area contributed by atoms with E-state index in [1.165, 1.54) is 19.1 Å². The highest BCUT2D eigenvalue weighted by Gasteiger charge is 2.22. The standard InChI is InChI=1S/C23H29N3O5/c1-5-12-26(23(29)19-11-10-18(30-3)13-20(19)31-4)15-22(28)24-14-21(27)25-17-8-6-16(2)7-9-17/h6-11,13H,5,12,14-15H2,1-4H3,(H,24,28)(H,25,27). The molecule has 166 valence electrons. The van der Waals surface area contributed by atoms with Gasteiger partial charge in [-0.3, -0.25) is 14.4 Å². The van der Waals surface area contributed by atoms with Crippen LogP contribution in [0.3, 0.4) is 0 Å². The van der Waals surface area contributed by atoms with Crippen molar-refractivity contribution in [3.05, 3.63) is 53.6 Å². The van der Waals surface area contributed by atoms with Crippen molar-refractivity contribution in [1.29, 1.82) is 0 Å². The Balaban J connectivity index is 1.97. The lowest BCUT2D eigenvalue weighted by atomic mass is 10.1. The Hall–Kier alpha value is -3.55. The van der Waals surface area contributed by atoms with Crippen LogP contribution in [0, 0.1) is 6.92 Å². The quantitative estimate of drug-likeness (QED) is 0.608. The third-order valence-corrected chi connectivity index (χ3v) is 4.54. The molecule has 0 aliphatic rings. The van der Waals surface area contributed by atoms with Crippen molar-refractivity contribution < 1.29 is 23.9 Å². The molecule has 2 N–H and O–H groups in total. The van der Waals surface area contributed by atoms with Gasteiger partial charge in [-0.2, -0.15) is 0 Å². The highest BCUT2D eigenvalue weighted by atomic mass is 16.5. The lowest BCUT2D eigenvalue weighted by Crippen LogP contribution is -2.43. The van der Waals surface area contributed by atoms with E-state index in [4.69, 9.17) is 9.47 Å². The number of hydrogen-bond donors (Lipinski definition) is 2. The molecule has 0 bridgehead atoms. The van der Waals surface area contributed by atoms with E-state index in [2.05, 4.69) is 10.6 Å². The minimum atomic E-state index is -0.423. The van der Waals surface area contributed by atoms with Crippen LogP contribution in [-0.2, 0) is 9.59 Å². The second kappa shape index (κ2) is 11.6. The van der Waals surface area contributed by atoms with Crippen LogP contribution < -0.4 is 20.1 Å². The molecule has 2 aromatic rings. The number of aryl methyl sites for hydroxylation is 1. The van der Waals surface area contributed by atoms with Gasteiger partial charge in [0.2, 0.25) is 11.8 Å². The highest BCUT2D eigenvalue weighted by Crippen LogP contribution is 2.25. The van der Waals surface area contributed by atoms with Gasteiger partial charge in [-0.15, -0.1) is 0 Å². The summed E-state index contributed by atoms with van der Waals surface area (Å²) in [6, 6.07) is 12.2. The molecule has 0 aliphatic heterocycles. The average Bonchev–Trinajstić information content (AvgIpc) is 2.78. The minimum Gasteiger partial charge on any atom is -0.497 e. The zero-order chi connectivity index (χ0) is 22.8. The maximum Gasteiger partial charge on any atom is 0.258 e. The van der Waals surface area contributed by atoms with Gasteiger partial charge in [-0.1, -0.05) is 24.6 Å². The molecular weight excluding hydrogens is 398 g/mol. The molecule has 3 amide bonds. The van der Waals surface area contributed by atoms with Gasteiger partial charge in [-0.25, -0.2) is 0 Å². The molecule has 0 spiro atoms. The Morgan fingerprint density at radius 1 is 0.968 bits per heavy atom. The van der Waals surface area contributed by atoms with Crippen molar-refractivity contribution in [1.82, 2.24) is 10.2 Å². The summed E-state index contributed by atoms with van der Waals surface area (Å²) < 4.78 is 10.5. The van der Waals surface area contributed by atoms with E-state index in [0.29, 0.717) is 35.7 Å². The lowest BCUT2D eigenvalue weighted by Gasteiger charge is -2.22. The first kappa shape index (κ1) is 23.7. The normalized spacial score (nSPS) is 10.2. The molecule has 2 rings (SSSR count). The number of ether oxygens (including phenoxy) is 2. The molecule has 0 radical (unpaired) electrons. The SMILES string of the molecule is CCCN(CC(=O)NCC(=O)Nc1ccc(C)cc1)C(=O)c1ccc(OC)cc1OC. The Kier molecular flexibility index (Phi) is 8.87. The van der Waals surface area contributed by atoms with Crippen LogP contribution in [0.4, 0.5) is 5.69 Å². The van der Waals surface area contributed by atoms with Gasteiger partial charge in [0.05, 0.1) is 32.9 Å². The predicted octanol–water partition coefficient (Wildman–Crippen LogP) is 2.62. The first-order valence-corrected chi connectivity index (χ1v) is 10.0. The van der Waals surface area contributed by atoms with Crippen LogP contribution in [0.2, 0.25) is 0 Å². The molecule has 0 atom stereocenters. The van der Waals surface area contributed by atoms with E-state index >= 15 is 0 Å². The Morgan fingerprint density at radius 2 is 1.68 bits per heavy atom. The molecule has 8 nitrogen and oxygen atoms in total. The lowest BCUT2D eigenvalue weighted by molar-refractivity contribution is -0.124. The van der Waals surface area contributed by atoms with Gasteiger partial charge in [-0.05, 0) is 37.6 Å². The van der Waals surface area contributed by atoms with E-state index in [9.17, 15) is 14.4 Å². The molecule has 0 heterocycles. The van der Waals surface area contributed by atoms with Crippen molar-refractivity contribution in [3.63, 3.8) is 0 Å². The van der Waals surface area contributed by atoms with Crippen LogP contribution in [0.5, 0.6) is 11.5 Å². The van der Waals surface area contributed by atoms with Crippen LogP contribution >= 0.6 is 0 Å². The second-order valence-electron chi connectivity index (χ2n) is 6.98. The summed E-state index contributed by atoms with van der Waals surface area (Å²) in [5.74, 6) is -0.174. The molecule has 8 heteroatoms. The minimum absolute atomic E-state index is 0.167. The van der Waals surface area contributed by atoms with E-state index < -0.39 is 5.91 Å². The highest BCUT2D eigenvalue weighted by molar-refractivity contribution is 6.00. The summed E-state index contributed by atoms with van der Waals surface area (Å²) in [4.78, 5) is 38.9. The monoisotopic (exact) mass is 427 g/mol. The summed E-state index contributed by atoms with van der Waals surface area (Å²) in [6.07, 6.45) is 0.672. The van der Waals surface area contributed by atoms with Crippen LogP contribution in [0.1, 0.15) is 29.3 Å². The van der Waals surface area contributed by atoms with Crippen molar-refractivity contribution in [2.75, 3.05) is 39.2 Å². The van der Waals surface area contributed by atoms with Crippen molar-refractivity contribution in [2.45, 2.75) is 20.3 Å². The van der Waals surface area contributed by atoms with Crippen molar-refractivity contribution in [3.8, 4) is 11.5 Å². The molecular formula is C23H29N3O5. The molecule has 0 saturated heterocycles. The predicted molar refractivity (Wildman–Crippen MR) is 119 cm³/mol. The summed E-state index contributed by atoms with van der Waals surface area (Å²) in [5, 5.41) is 5.27. The maximum atomic E-state index is 13.0. The molecule has 0 saturated carbocycles. The summed E-state index contributed by atoms with van der Waals surface area (Å²) in [5.41, 5.74) is 2.07. The van der Waals surface area contributed by atoms with Crippen LogP contribution in [0.15, 0.2) is 42.5 Å². The Labute approximate surface area is 182 Å².